The van der Waals surface area contributed by atoms with Gasteiger partial charge in [0.25, 0.3) is 5.91 Å². The maximum atomic E-state index is 12.6. The minimum atomic E-state index is 0.0109. The number of aromatic nitrogens is 2. The van der Waals surface area contributed by atoms with Gasteiger partial charge in [-0.15, -0.1) is 0 Å². The van der Waals surface area contributed by atoms with Crippen molar-refractivity contribution in [2.45, 2.75) is 57.9 Å². The average Bonchev–Trinajstić information content (AvgIpc) is 2.77. The molecule has 1 amide bonds. The highest BCUT2D eigenvalue weighted by Gasteiger charge is 2.20. The number of rotatable bonds is 2. The monoisotopic (exact) mass is 285 g/mol. The van der Waals surface area contributed by atoms with Crippen molar-refractivity contribution >= 4 is 11.6 Å². The SMILES string of the molecule is Cc1nc2ccccn2c1C(=O)NC1CCCCCCC1. The molecule has 21 heavy (non-hydrogen) atoms. The van der Waals surface area contributed by atoms with Gasteiger partial charge in [-0.2, -0.15) is 0 Å². The number of aryl methyl sites for hydroxylation is 1. The highest BCUT2D eigenvalue weighted by Crippen LogP contribution is 2.18. The van der Waals surface area contributed by atoms with Crippen LogP contribution >= 0.6 is 0 Å². The molecule has 0 unspecified atom stereocenters. The van der Waals surface area contributed by atoms with Gasteiger partial charge in [-0.1, -0.05) is 38.2 Å². The highest BCUT2D eigenvalue weighted by molar-refractivity contribution is 5.94. The summed E-state index contributed by atoms with van der Waals surface area (Å²) in [6.45, 7) is 1.90. The smallest absolute Gasteiger partial charge is 0.270 e. The van der Waals surface area contributed by atoms with E-state index >= 15 is 0 Å². The predicted molar refractivity (Wildman–Crippen MR) is 83.5 cm³/mol. The van der Waals surface area contributed by atoms with Gasteiger partial charge in [0.05, 0.1) is 5.69 Å². The number of hydrogen-bond acceptors (Lipinski definition) is 2. The van der Waals surface area contributed by atoms with Gasteiger partial charge in [0, 0.05) is 12.2 Å². The van der Waals surface area contributed by atoms with Gasteiger partial charge < -0.3 is 5.32 Å². The van der Waals surface area contributed by atoms with E-state index in [1.807, 2.05) is 35.7 Å². The lowest BCUT2D eigenvalue weighted by molar-refractivity contribution is 0.0924. The van der Waals surface area contributed by atoms with Gasteiger partial charge in [-0.05, 0) is 31.9 Å². The molecule has 4 nitrogen and oxygen atoms in total. The number of carbonyl (C=O) groups excluding carboxylic acids is 1. The van der Waals surface area contributed by atoms with E-state index in [-0.39, 0.29) is 5.91 Å². The molecule has 112 valence electrons. The lowest BCUT2D eigenvalue weighted by Crippen LogP contribution is -2.36. The van der Waals surface area contributed by atoms with Crippen molar-refractivity contribution in [3.8, 4) is 0 Å². The maximum absolute atomic E-state index is 12.6. The van der Waals surface area contributed by atoms with Crippen molar-refractivity contribution in [2.75, 3.05) is 0 Å². The van der Waals surface area contributed by atoms with Gasteiger partial charge >= 0.3 is 0 Å². The molecule has 0 aromatic carbocycles. The summed E-state index contributed by atoms with van der Waals surface area (Å²) in [5.41, 5.74) is 2.30. The minimum Gasteiger partial charge on any atom is -0.348 e. The Bertz CT molecular complexity index is 624. The van der Waals surface area contributed by atoms with E-state index < -0.39 is 0 Å². The van der Waals surface area contributed by atoms with Crippen LogP contribution in [-0.4, -0.2) is 21.3 Å². The molecule has 0 aliphatic heterocycles. The highest BCUT2D eigenvalue weighted by atomic mass is 16.2. The Morgan fingerprint density at radius 2 is 1.90 bits per heavy atom. The van der Waals surface area contributed by atoms with E-state index in [1.165, 1.54) is 32.1 Å². The lowest BCUT2D eigenvalue weighted by atomic mass is 9.96. The average molecular weight is 285 g/mol. The third kappa shape index (κ3) is 3.09. The van der Waals surface area contributed by atoms with Crippen LogP contribution in [0.2, 0.25) is 0 Å². The van der Waals surface area contributed by atoms with Crippen LogP contribution in [-0.2, 0) is 0 Å². The summed E-state index contributed by atoms with van der Waals surface area (Å²) < 4.78 is 1.88. The Hall–Kier alpha value is -1.84. The Kier molecular flexibility index (Phi) is 4.23. The van der Waals surface area contributed by atoms with E-state index in [1.54, 1.807) is 0 Å². The van der Waals surface area contributed by atoms with Crippen LogP contribution in [0.25, 0.3) is 5.65 Å². The number of fused-ring (bicyclic) bond motifs is 1. The summed E-state index contributed by atoms with van der Waals surface area (Å²) in [5.74, 6) is 0.0109. The van der Waals surface area contributed by atoms with Crippen molar-refractivity contribution in [1.29, 1.82) is 0 Å². The first-order valence-corrected chi connectivity index (χ1v) is 8.00. The zero-order chi connectivity index (χ0) is 14.7. The molecular weight excluding hydrogens is 262 g/mol. The van der Waals surface area contributed by atoms with Crippen molar-refractivity contribution in [3.05, 3.63) is 35.8 Å². The standard InChI is InChI=1S/C17H23N3O/c1-13-16(20-12-8-7-11-15(20)18-13)17(21)19-14-9-5-3-2-4-6-10-14/h7-8,11-12,14H,2-6,9-10H2,1H3,(H,19,21). The fourth-order valence-corrected chi connectivity index (χ4v) is 3.24. The number of carbonyl (C=O) groups is 1. The van der Waals surface area contributed by atoms with Crippen LogP contribution in [0.3, 0.4) is 0 Å². The van der Waals surface area contributed by atoms with Gasteiger partial charge in [-0.3, -0.25) is 9.20 Å². The molecule has 2 heterocycles. The third-order valence-electron chi connectivity index (χ3n) is 4.36. The molecule has 1 saturated carbocycles. The normalized spacial score (nSPS) is 17.4. The Morgan fingerprint density at radius 3 is 2.67 bits per heavy atom. The van der Waals surface area contributed by atoms with Crippen molar-refractivity contribution < 1.29 is 4.79 Å². The van der Waals surface area contributed by atoms with E-state index in [0.717, 1.165) is 24.2 Å². The molecule has 1 aliphatic rings. The van der Waals surface area contributed by atoms with Gasteiger partial charge in [0.1, 0.15) is 11.3 Å². The second kappa shape index (κ2) is 6.29. The van der Waals surface area contributed by atoms with Crippen LogP contribution in [0.15, 0.2) is 24.4 Å². The zero-order valence-corrected chi connectivity index (χ0v) is 12.6. The summed E-state index contributed by atoms with van der Waals surface area (Å²) in [4.78, 5) is 17.1. The summed E-state index contributed by atoms with van der Waals surface area (Å²) in [5, 5.41) is 3.22. The largest absolute Gasteiger partial charge is 0.348 e. The first-order valence-electron chi connectivity index (χ1n) is 8.00. The Morgan fingerprint density at radius 1 is 1.19 bits per heavy atom. The van der Waals surface area contributed by atoms with Gasteiger partial charge in [0.15, 0.2) is 0 Å². The molecular formula is C17H23N3O. The minimum absolute atomic E-state index is 0.0109. The summed E-state index contributed by atoms with van der Waals surface area (Å²) in [7, 11) is 0. The van der Waals surface area contributed by atoms with Crippen molar-refractivity contribution in [1.82, 2.24) is 14.7 Å². The molecule has 3 rings (SSSR count). The first kappa shape index (κ1) is 14.1. The molecule has 2 aromatic rings. The fraction of sp³-hybridized carbons (Fsp3) is 0.529. The second-order valence-corrected chi connectivity index (χ2v) is 5.99. The molecule has 1 N–H and O–H groups in total. The van der Waals surface area contributed by atoms with E-state index in [0.29, 0.717) is 11.7 Å². The molecule has 2 aromatic heterocycles. The quantitative estimate of drug-likeness (QED) is 0.918. The van der Waals surface area contributed by atoms with E-state index in [4.69, 9.17) is 0 Å². The number of nitrogens with zero attached hydrogens (tertiary/aromatic N) is 2. The number of amides is 1. The number of imidazole rings is 1. The molecule has 0 radical (unpaired) electrons. The summed E-state index contributed by atoms with van der Waals surface area (Å²) >= 11 is 0. The van der Waals surface area contributed by atoms with E-state index in [2.05, 4.69) is 10.3 Å². The predicted octanol–water partition coefficient (Wildman–Crippen LogP) is 3.49. The Labute approximate surface area is 125 Å². The molecule has 0 atom stereocenters. The maximum Gasteiger partial charge on any atom is 0.270 e. The molecule has 0 bridgehead atoms. The topological polar surface area (TPSA) is 46.4 Å². The molecule has 0 spiro atoms. The van der Waals surface area contributed by atoms with Crippen LogP contribution in [0.1, 0.15) is 61.1 Å². The first-order chi connectivity index (χ1) is 10.3. The molecule has 0 saturated heterocycles. The number of nitrogens with one attached hydrogen (secondary N) is 1. The summed E-state index contributed by atoms with van der Waals surface area (Å²) in [6.07, 6.45) is 10.5. The summed E-state index contributed by atoms with van der Waals surface area (Å²) in [6, 6.07) is 6.12. The Balaban J connectivity index is 1.78. The molecule has 1 aliphatic carbocycles. The number of pyridine rings is 1. The zero-order valence-electron chi connectivity index (χ0n) is 12.6. The van der Waals surface area contributed by atoms with Crippen LogP contribution in [0.5, 0.6) is 0 Å². The van der Waals surface area contributed by atoms with Crippen LogP contribution in [0, 0.1) is 6.92 Å². The second-order valence-electron chi connectivity index (χ2n) is 5.99. The number of hydrogen-bond donors (Lipinski definition) is 1. The van der Waals surface area contributed by atoms with Crippen LogP contribution in [0.4, 0.5) is 0 Å². The van der Waals surface area contributed by atoms with E-state index in [9.17, 15) is 4.79 Å². The van der Waals surface area contributed by atoms with Crippen molar-refractivity contribution in [2.24, 2.45) is 0 Å². The van der Waals surface area contributed by atoms with Crippen LogP contribution < -0.4 is 5.32 Å². The van der Waals surface area contributed by atoms with Gasteiger partial charge in [0.2, 0.25) is 0 Å². The molecule has 1 fully saturated rings. The third-order valence-corrected chi connectivity index (χ3v) is 4.36. The molecule has 4 heteroatoms. The lowest BCUT2D eigenvalue weighted by Gasteiger charge is -2.21. The van der Waals surface area contributed by atoms with Crippen molar-refractivity contribution in [3.63, 3.8) is 0 Å². The fourth-order valence-electron chi connectivity index (χ4n) is 3.24. The van der Waals surface area contributed by atoms with Gasteiger partial charge in [-0.25, -0.2) is 4.98 Å².